The molecule has 120 valence electrons. The molecule has 1 aliphatic rings. The van der Waals surface area contributed by atoms with Gasteiger partial charge in [0, 0.05) is 26.2 Å². The number of amides is 3. The first-order chi connectivity index (χ1) is 9.97. The number of carboxylic acid groups (broad SMARTS) is 1. The van der Waals surface area contributed by atoms with Crippen molar-refractivity contribution < 1.29 is 24.2 Å². The maximum absolute atomic E-state index is 12.0. The number of ether oxygens (including phenoxy) is 1. The van der Waals surface area contributed by atoms with Crippen LogP contribution in [0.2, 0.25) is 0 Å². The highest BCUT2D eigenvalue weighted by Gasteiger charge is 2.26. The first-order valence-corrected chi connectivity index (χ1v) is 7.11. The van der Waals surface area contributed by atoms with E-state index in [1.165, 1.54) is 4.90 Å². The van der Waals surface area contributed by atoms with E-state index < -0.39 is 12.1 Å². The fraction of sp³-hybridized carbons (Fsp3) is 0.769. The number of rotatable bonds is 6. The molecular weight excluding hydrogens is 278 g/mol. The number of urea groups is 1. The zero-order chi connectivity index (χ0) is 15.8. The third-order valence-electron chi connectivity index (χ3n) is 3.34. The fourth-order valence-electron chi connectivity index (χ4n) is 2.17. The summed E-state index contributed by atoms with van der Waals surface area (Å²) in [6, 6.07) is -0.366. The van der Waals surface area contributed by atoms with E-state index in [2.05, 4.69) is 5.32 Å². The van der Waals surface area contributed by atoms with Gasteiger partial charge in [-0.1, -0.05) is 0 Å². The maximum atomic E-state index is 12.0. The van der Waals surface area contributed by atoms with E-state index in [9.17, 15) is 14.4 Å². The monoisotopic (exact) mass is 301 g/mol. The van der Waals surface area contributed by atoms with Crippen molar-refractivity contribution in [2.75, 3.05) is 39.3 Å². The Hall–Kier alpha value is -1.83. The molecule has 0 aromatic rings. The first-order valence-electron chi connectivity index (χ1n) is 7.11. The van der Waals surface area contributed by atoms with Crippen molar-refractivity contribution in [2.45, 2.75) is 26.4 Å². The van der Waals surface area contributed by atoms with Gasteiger partial charge in [-0.05, 0) is 13.8 Å². The van der Waals surface area contributed by atoms with Crippen LogP contribution in [0.4, 0.5) is 4.79 Å². The minimum atomic E-state index is -0.959. The fourth-order valence-corrected chi connectivity index (χ4v) is 2.17. The van der Waals surface area contributed by atoms with E-state index >= 15 is 0 Å². The van der Waals surface area contributed by atoms with E-state index in [0.717, 1.165) is 0 Å². The normalized spacial score (nSPS) is 18.2. The molecule has 8 heteroatoms. The van der Waals surface area contributed by atoms with Gasteiger partial charge in [0.1, 0.15) is 0 Å². The van der Waals surface area contributed by atoms with Crippen molar-refractivity contribution in [1.29, 1.82) is 0 Å². The summed E-state index contributed by atoms with van der Waals surface area (Å²) >= 11 is 0. The zero-order valence-electron chi connectivity index (χ0n) is 12.5. The van der Waals surface area contributed by atoms with Crippen molar-refractivity contribution in [1.82, 2.24) is 15.1 Å². The van der Waals surface area contributed by atoms with Crippen molar-refractivity contribution in [2.24, 2.45) is 0 Å². The predicted molar refractivity (Wildman–Crippen MR) is 74.9 cm³/mol. The minimum Gasteiger partial charge on any atom is -0.481 e. The third-order valence-corrected chi connectivity index (χ3v) is 3.34. The number of carbonyl (C=O) groups is 3. The van der Waals surface area contributed by atoms with E-state index in [4.69, 9.17) is 9.84 Å². The van der Waals surface area contributed by atoms with Crippen LogP contribution in [-0.4, -0.2) is 78.2 Å². The number of morpholine rings is 1. The van der Waals surface area contributed by atoms with Gasteiger partial charge in [-0.25, -0.2) is 4.79 Å². The molecule has 0 radical (unpaired) electrons. The lowest BCUT2D eigenvalue weighted by Crippen LogP contribution is -2.51. The molecule has 1 fully saturated rings. The smallest absolute Gasteiger partial charge is 0.318 e. The van der Waals surface area contributed by atoms with Gasteiger partial charge in [0.25, 0.3) is 0 Å². The highest BCUT2D eigenvalue weighted by Crippen LogP contribution is 2.08. The molecule has 1 heterocycles. The van der Waals surface area contributed by atoms with Crippen LogP contribution < -0.4 is 5.32 Å². The average Bonchev–Trinajstić information content (AvgIpc) is 2.45. The molecule has 21 heavy (non-hydrogen) atoms. The Kier molecular flexibility index (Phi) is 6.93. The Balaban J connectivity index is 2.40. The van der Waals surface area contributed by atoms with Crippen molar-refractivity contribution in [3.8, 4) is 0 Å². The van der Waals surface area contributed by atoms with Gasteiger partial charge >= 0.3 is 12.0 Å². The second-order valence-electron chi connectivity index (χ2n) is 4.76. The summed E-state index contributed by atoms with van der Waals surface area (Å²) < 4.78 is 5.29. The SMILES string of the molecule is CCN(CC)C(=O)CNC(=O)N1CCOC(CC(=O)O)C1. The van der Waals surface area contributed by atoms with Gasteiger partial charge in [-0.15, -0.1) is 0 Å². The van der Waals surface area contributed by atoms with Gasteiger partial charge in [0.2, 0.25) is 5.91 Å². The number of hydrogen-bond acceptors (Lipinski definition) is 4. The van der Waals surface area contributed by atoms with Crippen LogP contribution in [0.15, 0.2) is 0 Å². The van der Waals surface area contributed by atoms with Gasteiger partial charge in [-0.2, -0.15) is 0 Å². The van der Waals surface area contributed by atoms with E-state index in [1.807, 2.05) is 13.8 Å². The van der Waals surface area contributed by atoms with Gasteiger partial charge < -0.3 is 25.0 Å². The molecule has 0 spiro atoms. The summed E-state index contributed by atoms with van der Waals surface area (Å²) in [7, 11) is 0. The number of nitrogens with zero attached hydrogens (tertiary/aromatic N) is 2. The van der Waals surface area contributed by atoms with Crippen molar-refractivity contribution in [3.63, 3.8) is 0 Å². The van der Waals surface area contributed by atoms with Gasteiger partial charge in [-0.3, -0.25) is 9.59 Å². The first kappa shape index (κ1) is 17.2. The van der Waals surface area contributed by atoms with Crippen LogP contribution in [0.5, 0.6) is 0 Å². The average molecular weight is 301 g/mol. The Labute approximate surface area is 124 Å². The summed E-state index contributed by atoms with van der Waals surface area (Å²) in [6.07, 6.45) is -0.636. The molecule has 0 aromatic heterocycles. The largest absolute Gasteiger partial charge is 0.481 e. The lowest BCUT2D eigenvalue weighted by atomic mass is 10.2. The molecule has 2 N–H and O–H groups in total. The van der Waals surface area contributed by atoms with E-state index in [-0.39, 0.29) is 31.4 Å². The van der Waals surface area contributed by atoms with Gasteiger partial charge in [0.15, 0.2) is 0 Å². The quantitative estimate of drug-likeness (QED) is 0.704. The molecule has 0 aliphatic carbocycles. The maximum Gasteiger partial charge on any atom is 0.318 e. The summed E-state index contributed by atoms with van der Waals surface area (Å²) in [4.78, 5) is 37.5. The highest BCUT2D eigenvalue weighted by molar-refractivity contribution is 5.84. The topological polar surface area (TPSA) is 99.2 Å². The van der Waals surface area contributed by atoms with Crippen LogP contribution >= 0.6 is 0 Å². The Morgan fingerprint density at radius 1 is 1.33 bits per heavy atom. The Morgan fingerprint density at radius 2 is 2.00 bits per heavy atom. The zero-order valence-corrected chi connectivity index (χ0v) is 12.5. The molecule has 0 bridgehead atoms. The second-order valence-corrected chi connectivity index (χ2v) is 4.76. The van der Waals surface area contributed by atoms with Crippen molar-refractivity contribution >= 4 is 17.9 Å². The molecule has 1 unspecified atom stereocenters. The second kappa shape index (κ2) is 8.46. The van der Waals surface area contributed by atoms with E-state index in [1.54, 1.807) is 4.90 Å². The van der Waals surface area contributed by atoms with Crippen LogP contribution in [0, 0.1) is 0 Å². The predicted octanol–water partition coefficient (Wildman–Crippen LogP) is -0.260. The Morgan fingerprint density at radius 3 is 2.57 bits per heavy atom. The van der Waals surface area contributed by atoms with Crippen LogP contribution in [0.25, 0.3) is 0 Å². The molecular formula is C13H23N3O5. The third kappa shape index (κ3) is 5.58. The van der Waals surface area contributed by atoms with Gasteiger partial charge in [0.05, 0.1) is 25.7 Å². The molecule has 1 atom stereocenters. The summed E-state index contributed by atoms with van der Waals surface area (Å²) in [5.74, 6) is -1.09. The molecule has 0 saturated carbocycles. The summed E-state index contributed by atoms with van der Waals surface area (Å²) in [6.45, 7) is 5.81. The number of carbonyl (C=O) groups excluding carboxylic acids is 2. The number of aliphatic carboxylic acids is 1. The van der Waals surface area contributed by atoms with Crippen LogP contribution in [-0.2, 0) is 14.3 Å². The number of likely N-dealkylation sites (N-methyl/N-ethyl adjacent to an activating group) is 1. The number of carboxylic acids is 1. The highest BCUT2D eigenvalue weighted by atomic mass is 16.5. The lowest BCUT2D eigenvalue weighted by Gasteiger charge is -2.32. The summed E-state index contributed by atoms with van der Waals surface area (Å²) in [5, 5.41) is 11.3. The molecule has 8 nitrogen and oxygen atoms in total. The standard InChI is InChI=1S/C13H23N3O5/c1-3-15(4-2)11(17)8-14-13(20)16-5-6-21-10(9-16)7-12(18)19/h10H,3-9H2,1-2H3,(H,14,20)(H,18,19). The molecule has 1 saturated heterocycles. The number of nitrogens with one attached hydrogen (secondary N) is 1. The molecule has 1 rings (SSSR count). The van der Waals surface area contributed by atoms with Crippen molar-refractivity contribution in [3.05, 3.63) is 0 Å². The molecule has 1 aliphatic heterocycles. The molecule has 0 aromatic carbocycles. The van der Waals surface area contributed by atoms with Crippen LogP contribution in [0.1, 0.15) is 20.3 Å². The minimum absolute atomic E-state index is 0.0541. The number of hydrogen-bond donors (Lipinski definition) is 2. The molecule has 3 amide bonds. The van der Waals surface area contributed by atoms with Crippen LogP contribution in [0.3, 0.4) is 0 Å². The lowest BCUT2D eigenvalue weighted by molar-refractivity contribution is -0.141. The van der Waals surface area contributed by atoms with E-state index in [0.29, 0.717) is 26.2 Å². The Bertz CT molecular complexity index is 384. The summed E-state index contributed by atoms with van der Waals surface area (Å²) in [5.41, 5.74) is 0.